The minimum Gasteiger partial charge on any atom is -0.491 e. The molecule has 2 aromatic heterocycles. The number of carbonyl (C=O) groups is 1. The van der Waals surface area contributed by atoms with Crippen LogP contribution in [0, 0.1) is 0 Å². The van der Waals surface area contributed by atoms with Gasteiger partial charge in [-0.05, 0) is 56.7 Å². The summed E-state index contributed by atoms with van der Waals surface area (Å²) in [6.07, 6.45) is 5.14. The number of amides is 1. The molecular formula is C20H22N4O2. The van der Waals surface area contributed by atoms with Gasteiger partial charge >= 0.3 is 0 Å². The van der Waals surface area contributed by atoms with Crippen molar-refractivity contribution in [1.82, 2.24) is 20.1 Å². The van der Waals surface area contributed by atoms with Gasteiger partial charge in [0.05, 0.1) is 17.7 Å². The van der Waals surface area contributed by atoms with Crippen LogP contribution in [0.4, 0.5) is 0 Å². The monoisotopic (exact) mass is 350 g/mol. The molecule has 6 heteroatoms. The Bertz CT molecular complexity index is 858. The Morgan fingerprint density at radius 1 is 1.15 bits per heavy atom. The molecule has 1 amide bonds. The number of pyridine rings is 1. The van der Waals surface area contributed by atoms with Gasteiger partial charge in [-0.1, -0.05) is 12.1 Å². The molecular weight excluding hydrogens is 328 g/mol. The van der Waals surface area contributed by atoms with E-state index in [9.17, 15) is 4.79 Å². The lowest BCUT2D eigenvalue weighted by atomic mass is 10.1. The SMILES string of the molecule is CC(C)Oc1cccc(C(C)NC(=O)c2ccc(-n3cccn3)nc2)c1. The smallest absolute Gasteiger partial charge is 0.253 e. The lowest BCUT2D eigenvalue weighted by Crippen LogP contribution is -2.26. The average molecular weight is 350 g/mol. The van der Waals surface area contributed by atoms with Crippen LogP contribution in [0.3, 0.4) is 0 Å². The summed E-state index contributed by atoms with van der Waals surface area (Å²) >= 11 is 0. The van der Waals surface area contributed by atoms with E-state index >= 15 is 0 Å². The Hall–Kier alpha value is -3.15. The predicted molar refractivity (Wildman–Crippen MR) is 99.4 cm³/mol. The molecule has 134 valence electrons. The second-order valence-electron chi connectivity index (χ2n) is 6.29. The molecule has 3 rings (SSSR count). The van der Waals surface area contributed by atoms with Gasteiger partial charge in [0.2, 0.25) is 0 Å². The van der Waals surface area contributed by atoms with E-state index in [4.69, 9.17) is 4.74 Å². The first-order chi connectivity index (χ1) is 12.5. The van der Waals surface area contributed by atoms with Crippen molar-refractivity contribution in [2.45, 2.75) is 32.9 Å². The number of hydrogen-bond acceptors (Lipinski definition) is 4. The molecule has 0 spiro atoms. The lowest BCUT2D eigenvalue weighted by molar-refractivity contribution is 0.0939. The number of aromatic nitrogens is 3. The zero-order valence-electron chi connectivity index (χ0n) is 15.1. The lowest BCUT2D eigenvalue weighted by Gasteiger charge is -2.16. The maximum absolute atomic E-state index is 12.5. The maximum Gasteiger partial charge on any atom is 0.253 e. The topological polar surface area (TPSA) is 69.0 Å². The van der Waals surface area contributed by atoms with Crippen molar-refractivity contribution in [3.63, 3.8) is 0 Å². The largest absolute Gasteiger partial charge is 0.491 e. The Morgan fingerprint density at radius 3 is 2.65 bits per heavy atom. The van der Waals surface area contributed by atoms with Crippen LogP contribution in [-0.2, 0) is 0 Å². The summed E-state index contributed by atoms with van der Waals surface area (Å²) in [5.41, 5.74) is 1.49. The van der Waals surface area contributed by atoms with E-state index in [0.717, 1.165) is 11.3 Å². The zero-order valence-corrected chi connectivity index (χ0v) is 15.1. The molecule has 26 heavy (non-hydrogen) atoms. The van der Waals surface area contributed by atoms with Crippen LogP contribution in [0.25, 0.3) is 5.82 Å². The van der Waals surface area contributed by atoms with Gasteiger partial charge in [0.25, 0.3) is 5.91 Å². The van der Waals surface area contributed by atoms with Gasteiger partial charge in [-0.2, -0.15) is 5.10 Å². The number of ether oxygens (including phenoxy) is 1. The summed E-state index contributed by atoms with van der Waals surface area (Å²) in [5.74, 6) is 1.29. The third kappa shape index (κ3) is 4.27. The van der Waals surface area contributed by atoms with Crippen molar-refractivity contribution in [3.05, 3.63) is 72.2 Å². The Labute approximate surface area is 152 Å². The molecule has 6 nitrogen and oxygen atoms in total. The first-order valence-corrected chi connectivity index (χ1v) is 8.56. The number of nitrogens with one attached hydrogen (secondary N) is 1. The normalized spacial score (nSPS) is 12.0. The molecule has 1 atom stereocenters. The Balaban J connectivity index is 1.67. The number of benzene rings is 1. The molecule has 0 fully saturated rings. The van der Waals surface area contributed by atoms with Crippen LogP contribution in [0.5, 0.6) is 5.75 Å². The van der Waals surface area contributed by atoms with Crippen LogP contribution in [0.15, 0.2) is 61.1 Å². The fourth-order valence-electron chi connectivity index (χ4n) is 2.55. The summed E-state index contributed by atoms with van der Waals surface area (Å²) < 4.78 is 7.36. The molecule has 1 unspecified atom stereocenters. The van der Waals surface area contributed by atoms with E-state index in [1.165, 1.54) is 0 Å². The van der Waals surface area contributed by atoms with Crippen molar-refractivity contribution in [1.29, 1.82) is 0 Å². The van der Waals surface area contributed by atoms with E-state index in [2.05, 4.69) is 15.4 Å². The van der Waals surface area contributed by atoms with E-state index in [0.29, 0.717) is 11.4 Å². The van der Waals surface area contributed by atoms with Crippen molar-refractivity contribution in [3.8, 4) is 11.6 Å². The maximum atomic E-state index is 12.5. The third-order valence-electron chi connectivity index (χ3n) is 3.83. The average Bonchev–Trinajstić information content (AvgIpc) is 3.16. The second kappa shape index (κ2) is 7.82. The summed E-state index contributed by atoms with van der Waals surface area (Å²) in [7, 11) is 0. The molecule has 0 aliphatic heterocycles. The van der Waals surface area contributed by atoms with Gasteiger partial charge in [0.1, 0.15) is 5.75 Å². The number of hydrogen-bond donors (Lipinski definition) is 1. The number of nitrogens with zero attached hydrogens (tertiary/aromatic N) is 3. The molecule has 1 N–H and O–H groups in total. The van der Waals surface area contributed by atoms with Crippen LogP contribution in [0.2, 0.25) is 0 Å². The fraction of sp³-hybridized carbons (Fsp3) is 0.250. The number of rotatable bonds is 6. The zero-order chi connectivity index (χ0) is 18.5. The molecule has 1 aromatic carbocycles. The molecule has 0 aliphatic rings. The Kier molecular flexibility index (Phi) is 5.31. The Morgan fingerprint density at radius 2 is 2.00 bits per heavy atom. The minimum atomic E-state index is -0.174. The molecule has 0 bridgehead atoms. The highest BCUT2D eigenvalue weighted by molar-refractivity contribution is 5.94. The van der Waals surface area contributed by atoms with E-state index < -0.39 is 0 Å². The summed E-state index contributed by atoms with van der Waals surface area (Å²) in [4.78, 5) is 16.8. The third-order valence-corrected chi connectivity index (χ3v) is 3.83. The first-order valence-electron chi connectivity index (χ1n) is 8.56. The molecule has 0 aliphatic carbocycles. The minimum absolute atomic E-state index is 0.106. The van der Waals surface area contributed by atoms with E-state index in [-0.39, 0.29) is 18.1 Å². The highest BCUT2D eigenvalue weighted by Gasteiger charge is 2.13. The highest BCUT2D eigenvalue weighted by atomic mass is 16.5. The van der Waals surface area contributed by atoms with Crippen LogP contribution < -0.4 is 10.1 Å². The van der Waals surface area contributed by atoms with Gasteiger partial charge in [-0.25, -0.2) is 9.67 Å². The van der Waals surface area contributed by atoms with Gasteiger partial charge in [0.15, 0.2) is 5.82 Å². The molecule has 0 saturated carbocycles. The molecule has 0 radical (unpaired) electrons. The van der Waals surface area contributed by atoms with Crippen molar-refractivity contribution < 1.29 is 9.53 Å². The van der Waals surface area contributed by atoms with E-state index in [1.807, 2.05) is 51.1 Å². The molecule has 2 heterocycles. The molecule has 3 aromatic rings. The second-order valence-corrected chi connectivity index (χ2v) is 6.29. The van der Waals surface area contributed by atoms with Crippen LogP contribution >= 0.6 is 0 Å². The van der Waals surface area contributed by atoms with Crippen LogP contribution in [0.1, 0.15) is 42.7 Å². The highest BCUT2D eigenvalue weighted by Crippen LogP contribution is 2.20. The summed E-state index contributed by atoms with van der Waals surface area (Å²) in [6, 6.07) is 12.9. The van der Waals surface area contributed by atoms with Crippen LogP contribution in [-0.4, -0.2) is 26.8 Å². The number of carbonyl (C=O) groups excluding carboxylic acids is 1. The summed E-state index contributed by atoms with van der Waals surface area (Å²) in [6.45, 7) is 5.91. The van der Waals surface area contributed by atoms with Crippen molar-refractivity contribution in [2.24, 2.45) is 0 Å². The quantitative estimate of drug-likeness (QED) is 0.738. The summed E-state index contributed by atoms with van der Waals surface area (Å²) in [5, 5.41) is 7.11. The molecule has 0 saturated heterocycles. The van der Waals surface area contributed by atoms with Gasteiger partial charge < -0.3 is 10.1 Å². The van der Waals surface area contributed by atoms with Gasteiger partial charge in [0, 0.05) is 18.6 Å². The van der Waals surface area contributed by atoms with Crippen molar-refractivity contribution >= 4 is 5.91 Å². The standard InChI is InChI=1S/C20H22N4O2/c1-14(2)26-18-7-4-6-16(12-18)15(3)23-20(25)17-8-9-19(21-13-17)24-11-5-10-22-24/h4-15H,1-3H3,(H,23,25). The van der Waals surface area contributed by atoms with E-state index in [1.54, 1.807) is 35.4 Å². The predicted octanol–water partition coefficient (Wildman–Crippen LogP) is 3.55. The fourth-order valence-corrected chi connectivity index (χ4v) is 2.55. The van der Waals surface area contributed by atoms with Gasteiger partial charge in [-0.15, -0.1) is 0 Å². The van der Waals surface area contributed by atoms with Crippen molar-refractivity contribution in [2.75, 3.05) is 0 Å². The first kappa shape index (κ1) is 17.7. The van der Waals surface area contributed by atoms with Gasteiger partial charge in [-0.3, -0.25) is 4.79 Å².